The van der Waals surface area contributed by atoms with E-state index in [4.69, 9.17) is 0 Å². The van der Waals surface area contributed by atoms with E-state index in [1.54, 1.807) is 6.07 Å². The molecule has 1 aromatic carbocycles. The van der Waals surface area contributed by atoms with Crippen LogP contribution in [0.3, 0.4) is 0 Å². The summed E-state index contributed by atoms with van der Waals surface area (Å²) in [5, 5.41) is 31.7. The topological polar surface area (TPSA) is 60.7 Å². The molecule has 128 valence electrons. The van der Waals surface area contributed by atoms with E-state index in [-0.39, 0.29) is 22.7 Å². The van der Waals surface area contributed by atoms with Gasteiger partial charge in [-0.2, -0.15) is 0 Å². The first kappa shape index (κ1) is 16.8. The van der Waals surface area contributed by atoms with Gasteiger partial charge >= 0.3 is 0 Å². The highest BCUT2D eigenvalue weighted by atomic mass is 16.3. The van der Waals surface area contributed by atoms with Gasteiger partial charge in [-0.15, -0.1) is 0 Å². The van der Waals surface area contributed by atoms with Gasteiger partial charge in [0.05, 0.1) is 12.2 Å². The van der Waals surface area contributed by atoms with E-state index < -0.39 is 12.2 Å². The van der Waals surface area contributed by atoms with Crippen LogP contribution in [-0.4, -0.2) is 27.5 Å². The predicted molar refractivity (Wildman–Crippen MR) is 91.8 cm³/mol. The van der Waals surface area contributed by atoms with Gasteiger partial charge in [0.2, 0.25) is 0 Å². The maximum atomic E-state index is 10.9. The van der Waals surface area contributed by atoms with Gasteiger partial charge in [-0.05, 0) is 52.8 Å². The largest absolute Gasteiger partial charge is 0.508 e. The Morgan fingerprint density at radius 1 is 1.09 bits per heavy atom. The third-order valence-corrected chi connectivity index (χ3v) is 6.79. The number of rotatable bonds is 1. The summed E-state index contributed by atoms with van der Waals surface area (Å²) >= 11 is 0. The number of fused-ring (bicyclic) bond motifs is 3. The molecule has 0 radical (unpaired) electrons. The molecule has 1 aromatic rings. The zero-order valence-electron chi connectivity index (χ0n) is 14.9. The number of aromatic hydroxyl groups is 1. The SMILES string of the molecule is CC(C)c1c(O)ccc2c1CCC1C(C)(C)[C@@H](O)C[C@H](O)[C@]21C. The smallest absolute Gasteiger partial charge is 0.119 e. The number of aliphatic hydroxyl groups is 2. The van der Waals surface area contributed by atoms with Crippen LogP contribution in [0.2, 0.25) is 0 Å². The van der Waals surface area contributed by atoms with E-state index in [1.165, 1.54) is 11.1 Å². The van der Waals surface area contributed by atoms with Gasteiger partial charge in [0.15, 0.2) is 0 Å². The van der Waals surface area contributed by atoms with Gasteiger partial charge in [0.1, 0.15) is 5.75 Å². The minimum atomic E-state index is -0.556. The monoisotopic (exact) mass is 318 g/mol. The molecule has 0 aromatic heterocycles. The third kappa shape index (κ3) is 2.16. The Bertz CT molecular complexity index is 620. The maximum Gasteiger partial charge on any atom is 0.119 e. The molecule has 23 heavy (non-hydrogen) atoms. The van der Waals surface area contributed by atoms with Crippen molar-refractivity contribution in [3.63, 3.8) is 0 Å². The number of phenolic OH excluding ortho intramolecular Hbond substituents is 1. The van der Waals surface area contributed by atoms with Crippen molar-refractivity contribution in [1.82, 2.24) is 0 Å². The van der Waals surface area contributed by atoms with Crippen LogP contribution in [0.15, 0.2) is 12.1 Å². The fraction of sp³-hybridized carbons (Fsp3) is 0.700. The highest BCUT2D eigenvalue weighted by Gasteiger charge is 2.57. The Morgan fingerprint density at radius 2 is 1.74 bits per heavy atom. The van der Waals surface area contributed by atoms with Crippen LogP contribution < -0.4 is 0 Å². The van der Waals surface area contributed by atoms with Crippen LogP contribution in [0.4, 0.5) is 0 Å². The third-order valence-electron chi connectivity index (χ3n) is 6.79. The summed E-state index contributed by atoms with van der Waals surface area (Å²) in [6, 6.07) is 3.78. The average Bonchev–Trinajstić information content (AvgIpc) is 2.44. The summed E-state index contributed by atoms with van der Waals surface area (Å²) in [7, 11) is 0. The zero-order chi connectivity index (χ0) is 17.2. The highest BCUT2D eigenvalue weighted by Crippen LogP contribution is 2.58. The second kappa shape index (κ2) is 5.22. The first-order valence-electron chi connectivity index (χ1n) is 8.83. The lowest BCUT2D eigenvalue weighted by molar-refractivity contribution is -0.131. The number of hydrogen-bond acceptors (Lipinski definition) is 3. The molecule has 4 atom stereocenters. The van der Waals surface area contributed by atoms with Gasteiger partial charge in [-0.25, -0.2) is 0 Å². The molecule has 0 spiro atoms. The van der Waals surface area contributed by atoms with E-state index in [0.29, 0.717) is 12.2 Å². The molecule has 3 heteroatoms. The zero-order valence-corrected chi connectivity index (χ0v) is 14.9. The molecule has 2 aliphatic carbocycles. The summed E-state index contributed by atoms with van der Waals surface area (Å²) < 4.78 is 0. The molecule has 0 amide bonds. The maximum absolute atomic E-state index is 10.9. The van der Waals surface area contributed by atoms with Gasteiger partial charge in [-0.1, -0.05) is 40.7 Å². The second-order valence-electron chi connectivity index (χ2n) is 8.64. The first-order valence-corrected chi connectivity index (χ1v) is 8.83. The molecular formula is C20H30O3. The number of benzene rings is 1. The predicted octanol–water partition coefficient (Wildman–Crippen LogP) is 3.49. The standard InChI is InChI=1S/C20H30O3/c1-11(2)18-12-6-9-15-19(3,4)16(22)10-17(23)20(15,5)13(12)7-8-14(18)21/h7-8,11,15-17,21-23H,6,9-10H2,1-5H3/t15?,16-,17-,20+/m0/s1. The normalized spacial score (nSPS) is 35.7. The lowest BCUT2D eigenvalue weighted by atomic mass is 9.48. The second-order valence-corrected chi connectivity index (χ2v) is 8.64. The van der Waals surface area contributed by atoms with Crippen molar-refractivity contribution in [3.05, 3.63) is 28.8 Å². The van der Waals surface area contributed by atoms with Crippen molar-refractivity contribution in [2.75, 3.05) is 0 Å². The number of hydrogen-bond donors (Lipinski definition) is 3. The van der Waals surface area contributed by atoms with Crippen molar-refractivity contribution >= 4 is 0 Å². The molecule has 1 unspecified atom stereocenters. The summed E-state index contributed by atoms with van der Waals surface area (Å²) in [5.74, 6) is 0.848. The molecule has 2 aliphatic rings. The molecule has 3 nitrogen and oxygen atoms in total. The van der Waals surface area contributed by atoms with Crippen molar-refractivity contribution in [3.8, 4) is 5.75 Å². The minimum Gasteiger partial charge on any atom is -0.508 e. The fourth-order valence-electron chi connectivity index (χ4n) is 5.40. The summed E-state index contributed by atoms with van der Waals surface area (Å²) in [5.41, 5.74) is 2.82. The molecule has 0 aliphatic heterocycles. The van der Waals surface area contributed by atoms with E-state index in [0.717, 1.165) is 18.4 Å². The van der Waals surface area contributed by atoms with Crippen molar-refractivity contribution in [2.24, 2.45) is 11.3 Å². The van der Waals surface area contributed by atoms with E-state index >= 15 is 0 Å². The molecule has 0 heterocycles. The van der Waals surface area contributed by atoms with Crippen LogP contribution in [0.5, 0.6) is 5.75 Å². The van der Waals surface area contributed by atoms with Gasteiger partial charge < -0.3 is 15.3 Å². The van der Waals surface area contributed by atoms with Crippen molar-refractivity contribution in [1.29, 1.82) is 0 Å². The van der Waals surface area contributed by atoms with Crippen LogP contribution in [0, 0.1) is 11.3 Å². The summed E-state index contributed by atoms with van der Waals surface area (Å²) in [4.78, 5) is 0. The molecular weight excluding hydrogens is 288 g/mol. The molecule has 1 fully saturated rings. The molecule has 3 N–H and O–H groups in total. The summed E-state index contributed by atoms with van der Waals surface area (Å²) in [6.07, 6.45) is 1.23. The number of phenols is 1. The Labute approximate surface area is 139 Å². The van der Waals surface area contributed by atoms with Crippen LogP contribution in [-0.2, 0) is 11.8 Å². The average molecular weight is 318 g/mol. The van der Waals surface area contributed by atoms with Crippen LogP contribution >= 0.6 is 0 Å². The van der Waals surface area contributed by atoms with Gasteiger partial charge in [-0.3, -0.25) is 0 Å². The highest BCUT2D eigenvalue weighted by molar-refractivity contribution is 5.51. The lowest BCUT2D eigenvalue weighted by Crippen LogP contribution is -2.60. The first-order chi connectivity index (χ1) is 10.6. The van der Waals surface area contributed by atoms with Crippen molar-refractivity contribution < 1.29 is 15.3 Å². The van der Waals surface area contributed by atoms with Gasteiger partial charge in [0, 0.05) is 11.8 Å². The lowest BCUT2D eigenvalue weighted by Gasteiger charge is -2.58. The molecule has 1 saturated carbocycles. The van der Waals surface area contributed by atoms with Gasteiger partial charge in [0.25, 0.3) is 0 Å². The van der Waals surface area contributed by atoms with Crippen LogP contribution in [0.25, 0.3) is 0 Å². The minimum absolute atomic E-state index is 0.221. The Hall–Kier alpha value is -1.06. The van der Waals surface area contributed by atoms with Crippen LogP contribution in [0.1, 0.15) is 70.1 Å². The molecule has 0 saturated heterocycles. The van der Waals surface area contributed by atoms with E-state index in [2.05, 4.69) is 34.6 Å². The summed E-state index contributed by atoms with van der Waals surface area (Å²) in [6.45, 7) is 10.6. The number of aliphatic hydroxyl groups excluding tert-OH is 2. The fourth-order valence-corrected chi connectivity index (χ4v) is 5.40. The quantitative estimate of drug-likeness (QED) is 0.743. The van der Waals surface area contributed by atoms with Crippen molar-refractivity contribution in [2.45, 2.75) is 77.4 Å². The molecule has 0 bridgehead atoms. The molecule has 3 rings (SSSR count). The Morgan fingerprint density at radius 3 is 2.35 bits per heavy atom. The van der Waals surface area contributed by atoms with E-state index in [9.17, 15) is 15.3 Å². The Balaban J connectivity index is 2.22. The Kier molecular flexibility index (Phi) is 3.81. The van der Waals surface area contributed by atoms with E-state index in [1.807, 2.05) is 6.07 Å².